The summed E-state index contributed by atoms with van der Waals surface area (Å²) in [5.74, 6) is 1.44. The minimum Gasteiger partial charge on any atom is -0.493 e. The zero-order valence-electron chi connectivity index (χ0n) is 14.1. The molecule has 1 aliphatic rings. The Bertz CT molecular complexity index is 574. The van der Waals surface area contributed by atoms with E-state index >= 15 is 0 Å². The number of rotatable bonds is 5. The SMILES string of the molecule is COc1ccc(NC(N)=NCC(=O)N2CCCCC2)cc1OC.I. The summed E-state index contributed by atoms with van der Waals surface area (Å²) in [5, 5.41) is 2.95. The Labute approximate surface area is 159 Å². The largest absolute Gasteiger partial charge is 0.493 e. The van der Waals surface area contributed by atoms with Gasteiger partial charge in [-0.3, -0.25) is 4.79 Å². The molecule has 1 aliphatic heterocycles. The van der Waals surface area contributed by atoms with Crippen LogP contribution in [0.1, 0.15) is 19.3 Å². The number of hydrogen-bond donors (Lipinski definition) is 2. The van der Waals surface area contributed by atoms with Gasteiger partial charge in [-0.25, -0.2) is 4.99 Å². The summed E-state index contributed by atoms with van der Waals surface area (Å²) >= 11 is 0. The molecule has 7 nitrogen and oxygen atoms in total. The van der Waals surface area contributed by atoms with E-state index in [1.54, 1.807) is 32.4 Å². The normalized spacial score (nSPS) is 14.6. The Hall–Kier alpha value is -1.71. The zero-order valence-corrected chi connectivity index (χ0v) is 16.4. The maximum atomic E-state index is 12.0. The van der Waals surface area contributed by atoms with Crippen molar-refractivity contribution in [1.82, 2.24) is 4.90 Å². The second-order valence-electron chi connectivity index (χ2n) is 5.34. The molecule has 1 fully saturated rings. The van der Waals surface area contributed by atoms with Gasteiger partial charge >= 0.3 is 0 Å². The smallest absolute Gasteiger partial charge is 0.244 e. The highest BCUT2D eigenvalue weighted by atomic mass is 127. The van der Waals surface area contributed by atoms with Gasteiger partial charge in [0.1, 0.15) is 6.54 Å². The summed E-state index contributed by atoms with van der Waals surface area (Å²) in [6.45, 7) is 1.70. The topological polar surface area (TPSA) is 89.2 Å². The third-order valence-electron chi connectivity index (χ3n) is 3.75. The fourth-order valence-corrected chi connectivity index (χ4v) is 2.50. The van der Waals surface area contributed by atoms with Crippen molar-refractivity contribution in [3.05, 3.63) is 18.2 Å². The number of nitrogens with two attached hydrogens (primary N) is 1. The van der Waals surface area contributed by atoms with E-state index in [-0.39, 0.29) is 42.4 Å². The van der Waals surface area contributed by atoms with Gasteiger partial charge < -0.3 is 25.4 Å². The van der Waals surface area contributed by atoms with Crippen LogP contribution >= 0.6 is 24.0 Å². The predicted octanol–water partition coefficient (Wildman–Crippen LogP) is 2.06. The van der Waals surface area contributed by atoms with E-state index in [0.29, 0.717) is 17.2 Å². The summed E-state index contributed by atoms with van der Waals surface area (Å²) in [7, 11) is 3.14. The molecule has 0 radical (unpaired) electrons. The molecule has 1 saturated heterocycles. The number of anilines is 1. The van der Waals surface area contributed by atoms with Crippen LogP contribution in [0, 0.1) is 0 Å². The van der Waals surface area contributed by atoms with Gasteiger partial charge in [-0.05, 0) is 31.4 Å². The van der Waals surface area contributed by atoms with Crippen LogP contribution in [0.3, 0.4) is 0 Å². The number of ether oxygens (including phenoxy) is 2. The average molecular weight is 448 g/mol. The molecule has 0 aliphatic carbocycles. The lowest BCUT2D eigenvalue weighted by atomic mass is 10.1. The van der Waals surface area contributed by atoms with Crippen LogP contribution in [-0.2, 0) is 4.79 Å². The van der Waals surface area contributed by atoms with Crippen molar-refractivity contribution in [2.75, 3.05) is 39.2 Å². The Balaban J connectivity index is 0.00000288. The molecule has 8 heteroatoms. The summed E-state index contributed by atoms with van der Waals surface area (Å²) < 4.78 is 10.4. The molecule has 2 rings (SSSR count). The van der Waals surface area contributed by atoms with Gasteiger partial charge in [0, 0.05) is 24.8 Å². The first-order valence-corrected chi connectivity index (χ1v) is 7.71. The second kappa shape index (κ2) is 10.2. The van der Waals surface area contributed by atoms with Crippen molar-refractivity contribution in [3.8, 4) is 11.5 Å². The minimum absolute atomic E-state index is 0. The van der Waals surface area contributed by atoms with Crippen molar-refractivity contribution in [2.45, 2.75) is 19.3 Å². The summed E-state index contributed by atoms with van der Waals surface area (Å²) in [5.41, 5.74) is 6.56. The quantitative estimate of drug-likeness (QED) is 0.409. The molecule has 1 heterocycles. The highest BCUT2D eigenvalue weighted by Gasteiger charge is 2.15. The van der Waals surface area contributed by atoms with E-state index in [1.807, 2.05) is 4.90 Å². The van der Waals surface area contributed by atoms with Gasteiger partial charge in [-0.1, -0.05) is 0 Å². The molecule has 3 N–H and O–H groups in total. The van der Waals surface area contributed by atoms with Crippen LogP contribution in [0.4, 0.5) is 5.69 Å². The molecule has 134 valence electrons. The van der Waals surface area contributed by atoms with E-state index in [4.69, 9.17) is 15.2 Å². The van der Waals surface area contributed by atoms with Gasteiger partial charge in [0.15, 0.2) is 17.5 Å². The second-order valence-corrected chi connectivity index (χ2v) is 5.34. The molecule has 0 atom stereocenters. The third-order valence-corrected chi connectivity index (χ3v) is 3.75. The number of hydrogen-bond acceptors (Lipinski definition) is 4. The van der Waals surface area contributed by atoms with Crippen LogP contribution in [0.2, 0.25) is 0 Å². The number of halogens is 1. The standard InChI is InChI=1S/C16H24N4O3.HI/c1-22-13-7-6-12(10-14(13)23-2)19-16(17)18-11-15(21)20-8-4-3-5-9-20;/h6-7,10H,3-5,8-9,11H2,1-2H3,(H3,17,18,19);1H. The number of guanidine groups is 1. The number of carbonyl (C=O) groups excluding carboxylic acids is 1. The maximum absolute atomic E-state index is 12.0. The summed E-state index contributed by atoms with van der Waals surface area (Å²) in [4.78, 5) is 18.0. The van der Waals surface area contributed by atoms with E-state index < -0.39 is 0 Å². The van der Waals surface area contributed by atoms with Crippen molar-refractivity contribution >= 4 is 41.5 Å². The Morgan fingerprint density at radius 1 is 1.21 bits per heavy atom. The third kappa shape index (κ3) is 5.73. The summed E-state index contributed by atoms with van der Waals surface area (Å²) in [6, 6.07) is 5.33. The lowest BCUT2D eigenvalue weighted by Gasteiger charge is -2.26. The van der Waals surface area contributed by atoms with Crippen LogP contribution in [0.5, 0.6) is 11.5 Å². The predicted molar refractivity (Wildman–Crippen MR) is 106 cm³/mol. The number of amides is 1. The Morgan fingerprint density at radius 3 is 2.50 bits per heavy atom. The summed E-state index contributed by atoms with van der Waals surface area (Å²) in [6.07, 6.45) is 3.32. The number of benzene rings is 1. The zero-order chi connectivity index (χ0) is 16.7. The van der Waals surface area contributed by atoms with E-state index in [1.165, 1.54) is 6.42 Å². The van der Waals surface area contributed by atoms with E-state index in [0.717, 1.165) is 25.9 Å². The Morgan fingerprint density at radius 2 is 1.88 bits per heavy atom. The van der Waals surface area contributed by atoms with E-state index in [9.17, 15) is 4.79 Å². The molecule has 24 heavy (non-hydrogen) atoms. The lowest BCUT2D eigenvalue weighted by molar-refractivity contribution is -0.130. The molecule has 0 unspecified atom stereocenters. The van der Waals surface area contributed by atoms with Crippen molar-refractivity contribution in [3.63, 3.8) is 0 Å². The number of likely N-dealkylation sites (tertiary alicyclic amines) is 1. The number of aliphatic imine (C=N–C) groups is 1. The molecular formula is C16H25IN4O3. The number of methoxy groups -OCH3 is 2. The van der Waals surface area contributed by atoms with Crippen LogP contribution in [0.15, 0.2) is 23.2 Å². The highest BCUT2D eigenvalue weighted by Crippen LogP contribution is 2.29. The van der Waals surface area contributed by atoms with Crippen LogP contribution in [0.25, 0.3) is 0 Å². The van der Waals surface area contributed by atoms with Gasteiger partial charge in [-0.15, -0.1) is 24.0 Å². The number of piperidine rings is 1. The van der Waals surface area contributed by atoms with Gasteiger partial charge in [0.25, 0.3) is 0 Å². The van der Waals surface area contributed by atoms with Crippen LogP contribution in [-0.4, -0.2) is 50.6 Å². The molecule has 0 aromatic heterocycles. The average Bonchev–Trinajstić information content (AvgIpc) is 2.60. The maximum Gasteiger partial charge on any atom is 0.244 e. The lowest BCUT2D eigenvalue weighted by Crippen LogP contribution is -2.37. The van der Waals surface area contributed by atoms with Gasteiger partial charge in [0.05, 0.1) is 14.2 Å². The van der Waals surface area contributed by atoms with Crippen molar-refractivity contribution < 1.29 is 14.3 Å². The number of nitrogens with zero attached hydrogens (tertiary/aromatic N) is 2. The molecule has 0 saturated carbocycles. The van der Waals surface area contributed by atoms with Gasteiger partial charge in [0.2, 0.25) is 5.91 Å². The van der Waals surface area contributed by atoms with Crippen molar-refractivity contribution in [2.24, 2.45) is 10.7 Å². The molecule has 1 aromatic carbocycles. The fraction of sp³-hybridized carbons (Fsp3) is 0.500. The highest BCUT2D eigenvalue weighted by molar-refractivity contribution is 14.0. The number of nitrogens with one attached hydrogen (secondary N) is 1. The fourth-order valence-electron chi connectivity index (χ4n) is 2.50. The first-order chi connectivity index (χ1) is 11.1. The Kier molecular flexibility index (Phi) is 8.66. The first kappa shape index (κ1) is 20.3. The molecule has 1 amide bonds. The first-order valence-electron chi connectivity index (χ1n) is 7.71. The minimum atomic E-state index is 0. The number of carbonyl (C=O) groups is 1. The molecule has 0 bridgehead atoms. The van der Waals surface area contributed by atoms with Crippen molar-refractivity contribution in [1.29, 1.82) is 0 Å². The molecule has 1 aromatic rings. The van der Waals surface area contributed by atoms with Gasteiger partial charge in [-0.2, -0.15) is 0 Å². The monoisotopic (exact) mass is 448 g/mol. The molecular weight excluding hydrogens is 423 g/mol. The van der Waals surface area contributed by atoms with Crippen LogP contribution < -0.4 is 20.5 Å². The molecule has 0 spiro atoms. The van der Waals surface area contributed by atoms with E-state index in [2.05, 4.69) is 10.3 Å².